The molecule has 1 unspecified atom stereocenters. The number of unbranched alkanes of at least 4 members (excludes halogenated alkanes) is 4. The first kappa shape index (κ1) is 24.0. The number of nitrogens with zero attached hydrogens (tertiary/aromatic N) is 2. The molecule has 2 amide bonds. The van der Waals surface area contributed by atoms with Crippen LogP contribution >= 0.6 is 0 Å². The van der Waals surface area contributed by atoms with Gasteiger partial charge in [0, 0.05) is 31.0 Å². The lowest BCUT2D eigenvalue weighted by Gasteiger charge is -2.28. The van der Waals surface area contributed by atoms with Gasteiger partial charge in [-0.1, -0.05) is 71.1 Å². The fraction of sp³-hybridized carbons (Fsp3) is 0.600. The maximum Gasteiger partial charge on any atom is 0.268 e. The molecule has 0 aliphatic rings. The monoisotopic (exact) mass is 413 g/mol. The van der Waals surface area contributed by atoms with Crippen LogP contribution < -0.4 is 5.32 Å². The van der Waals surface area contributed by atoms with Crippen LogP contribution in [-0.4, -0.2) is 40.4 Å². The second kappa shape index (κ2) is 12.4. The minimum Gasteiger partial charge on any atom is -0.341 e. The van der Waals surface area contributed by atoms with Crippen molar-refractivity contribution >= 4 is 22.7 Å². The van der Waals surface area contributed by atoms with Gasteiger partial charge in [-0.3, -0.25) is 9.59 Å². The lowest BCUT2D eigenvalue weighted by molar-refractivity contribution is -0.133. The summed E-state index contributed by atoms with van der Waals surface area (Å²) in [5.41, 5.74) is 1.61. The van der Waals surface area contributed by atoms with Crippen LogP contribution in [0.2, 0.25) is 0 Å². The third-order valence-electron chi connectivity index (χ3n) is 5.74. The van der Waals surface area contributed by atoms with Crippen molar-refractivity contribution in [3.8, 4) is 0 Å². The van der Waals surface area contributed by atoms with Crippen LogP contribution in [0, 0.1) is 0 Å². The fourth-order valence-corrected chi connectivity index (χ4v) is 3.94. The Bertz CT molecular complexity index is 802. The molecule has 0 saturated carbocycles. The summed E-state index contributed by atoms with van der Waals surface area (Å²) in [4.78, 5) is 28.4. The lowest BCUT2D eigenvalue weighted by atomic mass is 10.1. The van der Waals surface area contributed by atoms with Gasteiger partial charge in [-0.2, -0.15) is 0 Å². The SMILES string of the molecule is CCCCCN(CCCCC)C(=O)C(CCC)NC(=O)c1cc2ccccc2n1C. The van der Waals surface area contributed by atoms with E-state index in [9.17, 15) is 9.59 Å². The lowest BCUT2D eigenvalue weighted by Crippen LogP contribution is -2.49. The molecule has 1 aromatic heterocycles. The second-order valence-corrected chi connectivity index (χ2v) is 8.20. The molecule has 0 aliphatic carbocycles. The summed E-state index contributed by atoms with van der Waals surface area (Å²) in [6.45, 7) is 7.96. The number of hydrogen-bond acceptors (Lipinski definition) is 2. The highest BCUT2D eigenvalue weighted by atomic mass is 16.2. The largest absolute Gasteiger partial charge is 0.341 e. The molecule has 1 atom stereocenters. The Hall–Kier alpha value is -2.30. The summed E-state index contributed by atoms with van der Waals surface area (Å²) in [6, 6.07) is 9.38. The number of carbonyl (C=O) groups is 2. The number of carbonyl (C=O) groups excluding carboxylic acids is 2. The first-order valence-corrected chi connectivity index (χ1v) is 11.7. The Labute approximate surface area is 181 Å². The van der Waals surface area contributed by atoms with Gasteiger partial charge in [-0.05, 0) is 31.4 Å². The van der Waals surface area contributed by atoms with Gasteiger partial charge in [0.05, 0.1) is 0 Å². The van der Waals surface area contributed by atoms with Gasteiger partial charge < -0.3 is 14.8 Å². The first-order chi connectivity index (χ1) is 14.5. The number of rotatable bonds is 13. The molecule has 5 heteroatoms. The fourth-order valence-electron chi connectivity index (χ4n) is 3.94. The zero-order chi connectivity index (χ0) is 21.9. The minimum atomic E-state index is -0.469. The first-order valence-electron chi connectivity index (χ1n) is 11.7. The Morgan fingerprint density at radius 2 is 1.60 bits per heavy atom. The van der Waals surface area contributed by atoms with Crippen LogP contribution in [0.5, 0.6) is 0 Å². The van der Waals surface area contributed by atoms with E-state index in [-0.39, 0.29) is 11.8 Å². The van der Waals surface area contributed by atoms with Gasteiger partial charge in [-0.25, -0.2) is 0 Å². The number of aryl methyl sites for hydroxylation is 1. The molecule has 0 radical (unpaired) electrons. The number of para-hydroxylation sites is 1. The summed E-state index contributed by atoms with van der Waals surface area (Å²) in [5.74, 6) is -0.112. The second-order valence-electron chi connectivity index (χ2n) is 8.20. The Balaban J connectivity index is 2.14. The predicted molar refractivity (Wildman–Crippen MR) is 125 cm³/mol. The molecule has 5 nitrogen and oxygen atoms in total. The molecule has 2 aromatic rings. The summed E-state index contributed by atoms with van der Waals surface area (Å²) in [7, 11) is 1.90. The predicted octanol–water partition coefficient (Wildman–Crippen LogP) is 5.29. The van der Waals surface area contributed by atoms with Crippen LogP contribution in [0.4, 0.5) is 0 Å². The van der Waals surface area contributed by atoms with E-state index in [4.69, 9.17) is 0 Å². The highest BCUT2D eigenvalue weighted by Crippen LogP contribution is 2.18. The van der Waals surface area contributed by atoms with Crippen LogP contribution in [0.15, 0.2) is 30.3 Å². The van der Waals surface area contributed by atoms with Gasteiger partial charge >= 0.3 is 0 Å². The van der Waals surface area contributed by atoms with Crippen molar-refractivity contribution in [2.24, 2.45) is 7.05 Å². The quantitative estimate of drug-likeness (QED) is 0.454. The van der Waals surface area contributed by atoms with Crippen molar-refractivity contribution < 1.29 is 9.59 Å². The van der Waals surface area contributed by atoms with Crippen molar-refractivity contribution in [2.45, 2.75) is 78.2 Å². The molecular formula is C25H39N3O2. The van der Waals surface area contributed by atoms with Crippen molar-refractivity contribution in [1.82, 2.24) is 14.8 Å². The highest BCUT2D eigenvalue weighted by molar-refractivity contribution is 6.00. The molecule has 1 aromatic carbocycles. The number of fused-ring (bicyclic) bond motifs is 1. The van der Waals surface area contributed by atoms with Crippen molar-refractivity contribution in [3.05, 3.63) is 36.0 Å². The average Bonchev–Trinajstić information content (AvgIpc) is 3.09. The summed E-state index contributed by atoms with van der Waals surface area (Å²) in [6.07, 6.45) is 8.06. The van der Waals surface area contributed by atoms with E-state index in [1.54, 1.807) is 0 Å². The Morgan fingerprint density at radius 3 is 2.17 bits per heavy atom. The molecular weight excluding hydrogens is 374 g/mol. The molecule has 0 saturated heterocycles. The molecule has 0 fully saturated rings. The molecule has 0 spiro atoms. The van der Waals surface area contributed by atoms with Gasteiger partial charge in [0.25, 0.3) is 5.91 Å². The zero-order valence-corrected chi connectivity index (χ0v) is 19.2. The van der Waals surface area contributed by atoms with Crippen molar-refractivity contribution in [1.29, 1.82) is 0 Å². The number of hydrogen-bond donors (Lipinski definition) is 1. The van der Waals surface area contributed by atoms with Crippen molar-refractivity contribution in [3.63, 3.8) is 0 Å². The zero-order valence-electron chi connectivity index (χ0n) is 19.2. The molecule has 30 heavy (non-hydrogen) atoms. The minimum absolute atomic E-state index is 0.0659. The van der Waals surface area contributed by atoms with Crippen molar-refractivity contribution in [2.75, 3.05) is 13.1 Å². The standard InChI is InChI=1S/C25H39N3O2/c1-5-8-12-17-28(18-13-9-6-2)25(30)21(14-7-3)26-24(29)23-19-20-15-10-11-16-22(20)27(23)4/h10-11,15-16,19,21H,5-9,12-14,17-18H2,1-4H3,(H,26,29). The average molecular weight is 414 g/mol. The number of benzene rings is 1. The Kier molecular flexibility index (Phi) is 9.92. The molecule has 0 aliphatic heterocycles. The normalized spacial score (nSPS) is 12.1. The molecule has 0 bridgehead atoms. The van der Waals surface area contributed by atoms with Crippen LogP contribution in [0.3, 0.4) is 0 Å². The van der Waals surface area contributed by atoms with Gasteiger partial charge in [-0.15, -0.1) is 0 Å². The van der Waals surface area contributed by atoms with Gasteiger partial charge in [0.1, 0.15) is 11.7 Å². The molecule has 1 heterocycles. The number of nitrogens with one attached hydrogen (secondary N) is 1. The smallest absolute Gasteiger partial charge is 0.268 e. The summed E-state index contributed by atoms with van der Waals surface area (Å²) in [5, 5.41) is 4.08. The number of amides is 2. The topological polar surface area (TPSA) is 54.3 Å². The van der Waals surface area contributed by atoms with E-state index in [0.717, 1.165) is 68.9 Å². The molecule has 2 rings (SSSR count). The summed E-state index contributed by atoms with van der Waals surface area (Å²) < 4.78 is 1.90. The van der Waals surface area contributed by atoms with E-state index in [0.29, 0.717) is 12.1 Å². The van der Waals surface area contributed by atoms with E-state index < -0.39 is 6.04 Å². The van der Waals surface area contributed by atoms with E-state index in [1.807, 2.05) is 46.8 Å². The molecule has 1 N–H and O–H groups in total. The number of aromatic nitrogens is 1. The van der Waals surface area contributed by atoms with Crippen LogP contribution in [0.1, 0.15) is 82.6 Å². The van der Waals surface area contributed by atoms with E-state index in [1.165, 1.54) is 0 Å². The summed E-state index contributed by atoms with van der Waals surface area (Å²) >= 11 is 0. The third-order valence-corrected chi connectivity index (χ3v) is 5.74. The maximum atomic E-state index is 13.4. The van der Waals surface area contributed by atoms with Crippen LogP contribution in [0.25, 0.3) is 10.9 Å². The van der Waals surface area contributed by atoms with Gasteiger partial charge in [0.15, 0.2) is 0 Å². The van der Waals surface area contributed by atoms with E-state index >= 15 is 0 Å². The molecule has 166 valence electrons. The van der Waals surface area contributed by atoms with E-state index in [2.05, 4.69) is 26.1 Å². The Morgan fingerprint density at radius 1 is 0.967 bits per heavy atom. The highest BCUT2D eigenvalue weighted by Gasteiger charge is 2.26. The van der Waals surface area contributed by atoms with Crippen LogP contribution in [-0.2, 0) is 11.8 Å². The third kappa shape index (κ3) is 6.35. The van der Waals surface area contributed by atoms with Gasteiger partial charge in [0.2, 0.25) is 5.91 Å². The maximum absolute atomic E-state index is 13.4.